The Morgan fingerprint density at radius 1 is 1.39 bits per heavy atom. The lowest BCUT2D eigenvalue weighted by atomic mass is 10.2. The molecule has 0 aliphatic carbocycles. The molecule has 0 aliphatic heterocycles. The summed E-state index contributed by atoms with van der Waals surface area (Å²) in [5, 5.41) is 6.62. The van der Waals surface area contributed by atoms with Crippen LogP contribution in [0.2, 0.25) is 0 Å². The molecule has 1 aromatic carbocycles. The molecule has 0 saturated carbocycles. The van der Waals surface area contributed by atoms with E-state index in [2.05, 4.69) is 22.5 Å². The number of aromatic nitrogens is 1. The van der Waals surface area contributed by atoms with Crippen LogP contribution in [0.25, 0.3) is 0 Å². The van der Waals surface area contributed by atoms with Crippen LogP contribution in [0.15, 0.2) is 24.4 Å². The Bertz CT molecular complexity index is 657. The minimum atomic E-state index is -0.245. The number of urea groups is 1. The van der Waals surface area contributed by atoms with Crippen molar-refractivity contribution in [2.45, 2.75) is 33.1 Å². The number of amides is 2. The molecule has 1 heterocycles. The van der Waals surface area contributed by atoms with Gasteiger partial charge in [-0.2, -0.15) is 0 Å². The number of carbonyl (C=O) groups excluding carboxylic acids is 1. The molecular weight excluding hydrogens is 312 g/mol. The highest BCUT2D eigenvalue weighted by atomic mass is 32.1. The highest BCUT2D eigenvalue weighted by Gasteiger charge is 2.09. The highest BCUT2D eigenvalue weighted by molar-refractivity contribution is 7.17. The number of carbonyl (C=O) groups is 1. The molecule has 0 bridgehead atoms. The van der Waals surface area contributed by atoms with E-state index in [9.17, 15) is 4.79 Å². The standard InChI is InChI=1S/C16H22N4O2S/c1-3-4-5-8-18-15(21)20-16-19-10-14(23-16)22-13-7-6-12(17)9-11(13)2/h6-7,9-10H,3-5,8,17H2,1-2H3,(H2,18,19,20,21). The fraction of sp³-hybridized carbons (Fsp3) is 0.375. The van der Waals surface area contributed by atoms with Gasteiger partial charge in [0.1, 0.15) is 5.75 Å². The SMILES string of the molecule is CCCCCNC(=O)Nc1ncc(Oc2ccc(N)cc2C)s1. The molecule has 0 unspecified atom stereocenters. The summed E-state index contributed by atoms with van der Waals surface area (Å²) in [6.07, 6.45) is 4.80. The third kappa shape index (κ3) is 5.45. The summed E-state index contributed by atoms with van der Waals surface area (Å²) >= 11 is 1.28. The molecule has 23 heavy (non-hydrogen) atoms. The summed E-state index contributed by atoms with van der Waals surface area (Å²) in [5.74, 6) is 0.721. The third-order valence-electron chi connectivity index (χ3n) is 3.18. The van der Waals surface area contributed by atoms with E-state index >= 15 is 0 Å². The van der Waals surface area contributed by atoms with E-state index in [4.69, 9.17) is 10.5 Å². The van der Waals surface area contributed by atoms with Crippen molar-refractivity contribution in [3.8, 4) is 10.8 Å². The predicted molar refractivity (Wildman–Crippen MR) is 94.3 cm³/mol. The molecule has 0 saturated heterocycles. The van der Waals surface area contributed by atoms with Gasteiger partial charge < -0.3 is 15.8 Å². The highest BCUT2D eigenvalue weighted by Crippen LogP contribution is 2.32. The Morgan fingerprint density at radius 3 is 2.96 bits per heavy atom. The molecule has 2 rings (SSSR count). The number of nitrogen functional groups attached to an aromatic ring is 1. The molecule has 0 aliphatic rings. The maximum Gasteiger partial charge on any atom is 0.321 e. The number of benzene rings is 1. The Kier molecular flexibility index (Phi) is 6.22. The van der Waals surface area contributed by atoms with Crippen LogP contribution < -0.4 is 21.1 Å². The molecular formula is C16H22N4O2S. The summed E-state index contributed by atoms with van der Waals surface area (Å²) in [6.45, 7) is 4.72. The number of aryl methyl sites for hydroxylation is 1. The average molecular weight is 334 g/mol. The molecule has 2 aromatic rings. The fourth-order valence-electron chi connectivity index (χ4n) is 1.98. The van der Waals surface area contributed by atoms with E-state index in [-0.39, 0.29) is 6.03 Å². The minimum absolute atomic E-state index is 0.245. The molecule has 0 radical (unpaired) electrons. The molecule has 124 valence electrons. The average Bonchev–Trinajstić information content (AvgIpc) is 2.94. The molecule has 0 spiro atoms. The molecule has 6 nitrogen and oxygen atoms in total. The van der Waals surface area contributed by atoms with Gasteiger partial charge in [-0.25, -0.2) is 9.78 Å². The zero-order valence-corrected chi connectivity index (χ0v) is 14.2. The fourth-order valence-corrected chi connectivity index (χ4v) is 2.65. The molecule has 7 heteroatoms. The maximum absolute atomic E-state index is 11.7. The second-order valence-corrected chi connectivity index (χ2v) is 6.19. The predicted octanol–water partition coefficient (Wildman–Crippen LogP) is 4.14. The first-order valence-corrected chi connectivity index (χ1v) is 8.44. The van der Waals surface area contributed by atoms with Gasteiger partial charge in [0.25, 0.3) is 0 Å². The Morgan fingerprint density at radius 2 is 2.22 bits per heavy atom. The monoisotopic (exact) mass is 334 g/mol. The van der Waals surface area contributed by atoms with Gasteiger partial charge in [-0.1, -0.05) is 31.1 Å². The van der Waals surface area contributed by atoms with Crippen molar-refractivity contribution >= 4 is 28.2 Å². The number of unbranched alkanes of at least 4 members (excludes halogenated alkanes) is 2. The zero-order valence-electron chi connectivity index (χ0n) is 13.4. The van der Waals surface area contributed by atoms with Crippen molar-refractivity contribution in [3.63, 3.8) is 0 Å². The summed E-state index contributed by atoms with van der Waals surface area (Å²) in [6, 6.07) is 5.20. The Hall–Kier alpha value is -2.28. The largest absolute Gasteiger partial charge is 0.445 e. The summed E-state index contributed by atoms with van der Waals surface area (Å²) in [4.78, 5) is 15.9. The van der Waals surface area contributed by atoms with Crippen molar-refractivity contribution in [2.24, 2.45) is 0 Å². The number of nitrogens with one attached hydrogen (secondary N) is 2. The number of nitrogens with zero attached hydrogens (tertiary/aromatic N) is 1. The van der Waals surface area contributed by atoms with Gasteiger partial charge in [-0.3, -0.25) is 5.32 Å². The topological polar surface area (TPSA) is 89.3 Å². The first kappa shape index (κ1) is 17.1. The molecule has 0 fully saturated rings. The first-order chi connectivity index (χ1) is 11.1. The normalized spacial score (nSPS) is 10.3. The first-order valence-electron chi connectivity index (χ1n) is 7.63. The number of anilines is 2. The van der Waals surface area contributed by atoms with E-state index in [1.165, 1.54) is 11.3 Å². The summed E-state index contributed by atoms with van der Waals surface area (Å²) in [7, 11) is 0. The Balaban J connectivity index is 1.86. The zero-order chi connectivity index (χ0) is 16.7. The molecule has 1 aromatic heterocycles. The van der Waals surface area contributed by atoms with Crippen LogP contribution in [0.1, 0.15) is 31.7 Å². The second-order valence-electron chi connectivity index (χ2n) is 5.20. The van der Waals surface area contributed by atoms with Gasteiger partial charge in [-0.15, -0.1) is 0 Å². The van der Waals surface area contributed by atoms with Crippen molar-refractivity contribution in [2.75, 3.05) is 17.6 Å². The van der Waals surface area contributed by atoms with Crippen LogP contribution in [0.5, 0.6) is 10.8 Å². The van der Waals surface area contributed by atoms with Crippen LogP contribution in [0, 0.1) is 6.92 Å². The van der Waals surface area contributed by atoms with Gasteiger partial charge in [0, 0.05) is 12.2 Å². The lowest BCUT2D eigenvalue weighted by Crippen LogP contribution is -2.29. The number of rotatable bonds is 7. The lowest BCUT2D eigenvalue weighted by Gasteiger charge is -2.06. The van der Waals surface area contributed by atoms with E-state index in [1.807, 2.05) is 19.1 Å². The van der Waals surface area contributed by atoms with Gasteiger partial charge in [-0.05, 0) is 37.1 Å². The van der Waals surface area contributed by atoms with Gasteiger partial charge in [0.05, 0.1) is 6.20 Å². The number of hydrogen-bond acceptors (Lipinski definition) is 5. The van der Waals surface area contributed by atoms with Crippen LogP contribution in [0.4, 0.5) is 15.6 Å². The number of ether oxygens (including phenoxy) is 1. The van der Waals surface area contributed by atoms with E-state index < -0.39 is 0 Å². The summed E-state index contributed by atoms with van der Waals surface area (Å²) < 4.78 is 5.77. The van der Waals surface area contributed by atoms with Crippen molar-refractivity contribution in [1.29, 1.82) is 0 Å². The van der Waals surface area contributed by atoms with Gasteiger partial charge in [0.2, 0.25) is 5.06 Å². The molecule has 2 amide bonds. The number of hydrogen-bond donors (Lipinski definition) is 3. The molecule has 0 atom stereocenters. The van der Waals surface area contributed by atoms with Crippen molar-refractivity contribution in [3.05, 3.63) is 30.0 Å². The van der Waals surface area contributed by atoms with Crippen molar-refractivity contribution in [1.82, 2.24) is 10.3 Å². The number of nitrogens with two attached hydrogens (primary N) is 1. The Labute approximate surface area is 140 Å². The van der Waals surface area contributed by atoms with Gasteiger partial charge in [0.15, 0.2) is 5.13 Å². The van der Waals surface area contributed by atoms with E-state index in [1.54, 1.807) is 12.3 Å². The van der Waals surface area contributed by atoms with Crippen LogP contribution >= 0.6 is 11.3 Å². The quantitative estimate of drug-likeness (QED) is 0.524. The van der Waals surface area contributed by atoms with Crippen LogP contribution in [-0.2, 0) is 0 Å². The number of thiazole rings is 1. The van der Waals surface area contributed by atoms with Crippen LogP contribution in [0.3, 0.4) is 0 Å². The van der Waals surface area contributed by atoms with Crippen molar-refractivity contribution < 1.29 is 9.53 Å². The van der Waals surface area contributed by atoms with Crippen LogP contribution in [-0.4, -0.2) is 17.6 Å². The van der Waals surface area contributed by atoms with Gasteiger partial charge >= 0.3 is 6.03 Å². The smallest absolute Gasteiger partial charge is 0.321 e. The minimum Gasteiger partial charge on any atom is -0.445 e. The van der Waals surface area contributed by atoms with E-state index in [0.717, 1.165) is 30.6 Å². The maximum atomic E-state index is 11.7. The third-order valence-corrected chi connectivity index (χ3v) is 3.97. The molecule has 4 N–H and O–H groups in total. The van der Waals surface area contributed by atoms with E-state index in [0.29, 0.717) is 22.4 Å². The lowest BCUT2D eigenvalue weighted by molar-refractivity contribution is 0.252. The summed E-state index contributed by atoms with van der Waals surface area (Å²) in [5.41, 5.74) is 7.36. The second kappa shape index (κ2) is 8.38.